The zero-order valence-corrected chi connectivity index (χ0v) is 20.3. The highest BCUT2D eigenvalue weighted by molar-refractivity contribution is 5.76. The minimum absolute atomic E-state index is 0.196. The number of amides is 1. The van der Waals surface area contributed by atoms with Crippen molar-refractivity contribution in [3.63, 3.8) is 0 Å². The number of piperidine rings is 1. The molecule has 0 unspecified atom stereocenters. The molecule has 3 aromatic rings. The van der Waals surface area contributed by atoms with E-state index in [9.17, 15) is 4.79 Å². The maximum atomic E-state index is 12.7. The highest BCUT2D eigenvalue weighted by atomic mass is 16.5. The Morgan fingerprint density at radius 3 is 2.49 bits per heavy atom. The fourth-order valence-corrected chi connectivity index (χ4v) is 4.83. The Bertz CT molecular complexity index is 1100. The maximum Gasteiger partial charge on any atom is 0.226 e. The van der Waals surface area contributed by atoms with E-state index in [2.05, 4.69) is 20.3 Å². The number of nitrogens with zero attached hydrogens (tertiary/aromatic N) is 5. The first-order chi connectivity index (χ1) is 17.1. The van der Waals surface area contributed by atoms with Crippen molar-refractivity contribution in [2.45, 2.75) is 64.2 Å². The van der Waals surface area contributed by atoms with Gasteiger partial charge in [-0.3, -0.25) is 4.79 Å². The number of aryl methyl sites for hydroxylation is 2. The molecule has 4 heterocycles. The normalized spacial score (nSPS) is 17.7. The van der Waals surface area contributed by atoms with E-state index >= 15 is 0 Å². The molecule has 2 aliphatic rings. The van der Waals surface area contributed by atoms with Crippen LogP contribution < -0.4 is 0 Å². The molecule has 0 spiro atoms. The van der Waals surface area contributed by atoms with Gasteiger partial charge in [-0.25, -0.2) is 0 Å². The molecule has 186 valence electrons. The van der Waals surface area contributed by atoms with E-state index < -0.39 is 0 Å². The Hall–Kier alpha value is -3.07. The van der Waals surface area contributed by atoms with Gasteiger partial charge in [0.15, 0.2) is 5.82 Å². The summed E-state index contributed by atoms with van der Waals surface area (Å²) in [4.78, 5) is 23.8. The van der Waals surface area contributed by atoms with Gasteiger partial charge in [0.05, 0.1) is 0 Å². The van der Waals surface area contributed by atoms with Gasteiger partial charge in [-0.15, -0.1) is 0 Å². The Morgan fingerprint density at radius 1 is 0.971 bits per heavy atom. The van der Waals surface area contributed by atoms with Crippen LogP contribution in [0.4, 0.5) is 0 Å². The molecule has 2 aromatic heterocycles. The minimum atomic E-state index is 0.196. The van der Waals surface area contributed by atoms with Crippen molar-refractivity contribution in [1.82, 2.24) is 25.2 Å². The maximum absolute atomic E-state index is 12.7. The standard InChI is InChI=1S/C26H33N5O4/c1-18-5-7-20(8-6-18)25-27-22(34-29-25)3-2-4-24(32)31-13-9-19(10-14-31)17-23-28-26(30-35-23)21-11-15-33-16-12-21/h5-8,19,21H,2-4,9-17H2,1H3. The van der Waals surface area contributed by atoms with Gasteiger partial charge in [0.25, 0.3) is 0 Å². The number of likely N-dealkylation sites (tertiary alicyclic amines) is 1. The van der Waals surface area contributed by atoms with Crippen molar-refractivity contribution in [3.05, 3.63) is 47.4 Å². The predicted molar refractivity (Wildman–Crippen MR) is 128 cm³/mol. The highest BCUT2D eigenvalue weighted by Crippen LogP contribution is 2.26. The van der Waals surface area contributed by atoms with Crippen LogP contribution in [0.25, 0.3) is 11.4 Å². The molecule has 1 aromatic carbocycles. The third-order valence-electron chi connectivity index (χ3n) is 7.06. The predicted octanol–water partition coefficient (Wildman–Crippen LogP) is 4.13. The monoisotopic (exact) mass is 479 g/mol. The number of ether oxygens (including phenoxy) is 1. The number of carbonyl (C=O) groups is 1. The van der Waals surface area contributed by atoms with Crippen LogP contribution in [0.5, 0.6) is 0 Å². The summed E-state index contributed by atoms with van der Waals surface area (Å²) in [7, 11) is 0. The van der Waals surface area contributed by atoms with Crippen LogP contribution >= 0.6 is 0 Å². The van der Waals surface area contributed by atoms with Gasteiger partial charge in [0.1, 0.15) is 0 Å². The lowest BCUT2D eigenvalue weighted by atomic mass is 9.93. The van der Waals surface area contributed by atoms with Crippen molar-refractivity contribution >= 4 is 5.91 Å². The highest BCUT2D eigenvalue weighted by Gasteiger charge is 2.26. The van der Waals surface area contributed by atoms with Crippen LogP contribution in [0, 0.1) is 12.8 Å². The van der Waals surface area contributed by atoms with Crippen molar-refractivity contribution in [2.24, 2.45) is 5.92 Å². The molecule has 5 rings (SSSR count). The molecule has 0 atom stereocenters. The van der Waals surface area contributed by atoms with Crippen LogP contribution in [-0.4, -0.2) is 57.4 Å². The van der Waals surface area contributed by atoms with Gasteiger partial charge in [-0.05, 0) is 44.9 Å². The first-order valence-corrected chi connectivity index (χ1v) is 12.7. The van der Waals surface area contributed by atoms with Crippen LogP contribution in [0.1, 0.15) is 67.6 Å². The van der Waals surface area contributed by atoms with Crippen molar-refractivity contribution < 1.29 is 18.6 Å². The molecule has 9 nitrogen and oxygen atoms in total. The van der Waals surface area contributed by atoms with Gasteiger partial charge in [-0.1, -0.05) is 40.1 Å². The Balaban J connectivity index is 1.02. The molecule has 2 saturated heterocycles. The number of hydrogen-bond acceptors (Lipinski definition) is 8. The van der Waals surface area contributed by atoms with E-state index in [0.717, 1.165) is 75.7 Å². The fourth-order valence-electron chi connectivity index (χ4n) is 4.83. The molecule has 35 heavy (non-hydrogen) atoms. The average molecular weight is 480 g/mol. The smallest absolute Gasteiger partial charge is 0.226 e. The third-order valence-corrected chi connectivity index (χ3v) is 7.06. The Morgan fingerprint density at radius 2 is 1.71 bits per heavy atom. The van der Waals surface area contributed by atoms with Gasteiger partial charge < -0.3 is 18.7 Å². The van der Waals surface area contributed by atoms with Crippen LogP contribution in [0.15, 0.2) is 33.3 Å². The Labute approximate surface area is 205 Å². The lowest BCUT2D eigenvalue weighted by Crippen LogP contribution is -2.38. The average Bonchev–Trinajstić information content (AvgIpc) is 3.56. The van der Waals surface area contributed by atoms with E-state index in [1.807, 2.05) is 36.1 Å². The molecule has 0 saturated carbocycles. The molecule has 0 N–H and O–H groups in total. The molecule has 0 bridgehead atoms. The summed E-state index contributed by atoms with van der Waals surface area (Å²) in [5, 5.41) is 8.28. The molecule has 2 aliphatic heterocycles. The first-order valence-electron chi connectivity index (χ1n) is 12.7. The molecular weight excluding hydrogens is 446 g/mol. The zero-order chi connectivity index (χ0) is 24.0. The fraction of sp³-hybridized carbons (Fsp3) is 0.577. The first kappa shape index (κ1) is 23.7. The molecular formula is C26H33N5O4. The van der Waals surface area contributed by atoms with Gasteiger partial charge >= 0.3 is 0 Å². The van der Waals surface area contributed by atoms with Crippen LogP contribution in [0.2, 0.25) is 0 Å². The largest absolute Gasteiger partial charge is 0.381 e. The van der Waals surface area contributed by atoms with E-state index in [1.54, 1.807) is 0 Å². The minimum Gasteiger partial charge on any atom is -0.381 e. The van der Waals surface area contributed by atoms with Gasteiger partial charge in [-0.2, -0.15) is 9.97 Å². The van der Waals surface area contributed by atoms with Crippen molar-refractivity contribution in [2.75, 3.05) is 26.3 Å². The number of carbonyl (C=O) groups excluding carboxylic acids is 1. The van der Waals surface area contributed by atoms with E-state index in [4.69, 9.17) is 13.8 Å². The van der Waals surface area contributed by atoms with Crippen molar-refractivity contribution in [3.8, 4) is 11.4 Å². The Kier molecular flexibility index (Phi) is 7.51. The van der Waals surface area contributed by atoms with Gasteiger partial charge in [0, 0.05) is 57.0 Å². The summed E-state index contributed by atoms with van der Waals surface area (Å²) in [5.41, 5.74) is 2.12. The molecule has 0 aliphatic carbocycles. The summed E-state index contributed by atoms with van der Waals surface area (Å²) in [5.74, 6) is 3.73. The van der Waals surface area contributed by atoms with Crippen LogP contribution in [-0.2, 0) is 22.4 Å². The van der Waals surface area contributed by atoms with Crippen LogP contribution in [0.3, 0.4) is 0 Å². The number of rotatable bonds is 8. The lowest BCUT2D eigenvalue weighted by Gasteiger charge is -2.31. The number of benzene rings is 1. The summed E-state index contributed by atoms with van der Waals surface area (Å²) in [6, 6.07) is 8.03. The molecule has 2 fully saturated rings. The van der Waals surface area contributed by atoms with E-state index in [1.165, 1.54) is 5.56 Å². The summed E-state index contributed by atoms with van der Waals surface area (Å²) in [6.45, 7) is 5.14. The second-order valence-corrected chi connectivity index (χ2v) is 9.69. The lowest BCUT2D eigenvalue weighted by molar-refractivity contribution is -0.132. The van der Waals surface area contributed by atoms with Crippen molar-refractivity contribution in [1.29, 1.82) is 0 Å². The topological polar surface area (TPSA) is 107 Å². The van der Waals surface area contributed by atoms with E-state index in [-0.39, 0.29) is 5.91 Å². The number of hydrogen-bond donors (Lipinski definition) is 0. The summed E-state index contributed by atoms with van der Waals surface area (Å²) >= 11 is 0. The SMILES string of the molecule is Cc1ccc(-c2noc(CCCC(=O)N3CCC(Cc4nc(C5CCOCC5)no4)CC3)n2)cc1. The van der Waals surface area contributed by atoms with E-state index in [0.29, 0.717) is 42.8 Å². The summed E-state index contributed by atoms with van der Waals surface area (Å²) in [6.07, 6.45) is 6.43. The number of aromatic nitrogens is 4. The quantitative estimate of drug-likeness (QED) is 0.475. The van der Waals surface area contributed by atoms with Gasteiger partial charge in [0.2, 0.25) is 23.5 Å². The molecule has 1 amide bonds. The third kappa shape index (κ3) is 6.14. The summed E-state index contributed by atoms with van der Waals surface area (Å²) < 4.78 is 16.3. The zero-order valence-electron chi connectivity index (χ0n) is 20.3. The molecule has 9 heteroatoms. The second kappa shape index (κ2) is 11.1. The second-order valence-electron chi connectivity index (χ2n) is 9.69. The molecule has 0 radical (unpaired) electrons.